The molecule has 0 amide bonds. The highest BCUT2D eigenvalue weighted by molar-refractivity contribution is 8.14. The van der Waals surface area contributed by atoms with Crippen molar-refractivity contribution >= 4 is 16.8 Å². The molecule has 3 heteroatoms. The van der Waals surface area contributed by atoms with Crippen molar-refractivity contribution in [2.75, 3.05) is 0 Å². The quantitative estimate of drug-likeness (QED) is 0.342. The second-order valence-electron chi connectivity index (χ2n) is 3.02. The first-order valence-electron chi connectivity index (χ1n) is 3.97. The average Bonchev–Trinajstić information content (AvgIpc) is 2.37. The molecular formula is C8H11NOS. The lowest BCUT2D eigenvalue weighted by atomic mass is 10.1. The van der Waals surface area contributed by atoms with Crippen LogP contribution in [0.3, 0.4) is 0 Å². The molecule has 2 nitrogen and oxygen atoms in total. The highest BCUT2D eigenvalue weighted by atomic mass is 32.2. The Labute approximate surface area is 70.4 Å². The van der Waals surface area contributed by atoms with E-state index in [4.69, 9.17) is 5.21 Å². The van der Waals surface area contributed by atoms with Crippen molar-refractivity contribution in [3.05, 3.63) is 12.2 Å². The lowest BCUT2D eigenvalue weighted by molar-refractivity contribution is 0.318. The van der Waals surface area contributed by atoms with Gasteiger partial charge in [-0.15, -0.1) is 0 Å². The summed E-state index contributed by atoms with van der Waals surface area (Å²) in [6, 6.07) is 0. The Hall–Kier alpha value is -0.440. The number of allylic oxidation sites excluding steroid dienone is 1. The normalized spacial score (nSPS) is 39.5. The molecule has 2 aliphatic heterocycles. The highest BCUT2D eigenvalue weighted by Gasteiger charge is 2.26. The summed E-state index contributed by atoms with van der Waals surface area (Å²) < 4.78 is 0. The van der Waals surface area contributed by atoms with Gasteiger partial charge in [-0.05, 0) is 12.8 Å². The molecule has 2 unspecified atom stereocenters. The third-order valence-corrected chi connectivity index (χ3v) is 3.57. The molecule has 1 aliphatic carbocycles. The van der Waals surface area contributed by atoms with Gasteiger partial charge in [-0.1, -0.05) is 35.5 Å². The first-order valence-corrected chi connectivity index (χ1v) is 4.85. The van der Waals surface area contributed by atoms with Crippen molar-refractivity contribution in [3.63, 3.8) is 0 Å². The van der Waals surface area contributed by atoms with E-state index in [-0.39, 0.29) is 0 Å². The minimum Gasteiger partial charge on any atom is -0.410 e. The van der Waals surface area contributed by atoms with E-state index in [1.165, 1.54) is 12.8 Å². The molecule has 0 aromatic heterocycles. The minimum absolute atomic E-state index is 0.406. The molecule has 60 valence electrons. The fourth-order valence-corrected chi connectivity index (χ4v) is 2.82. The average molecular weight is 169 g/mol. The summed E-state index contributed by atoms with van der Waals surface area (Å²) in [6.45, 7) is 0. The summed E-state index contributed by atoms with van der Waals surface area (Å²) >= 11 is 1.72. The molecule has 0 aromatic carbocycles. The van der Waals surface area contributed by atoms with E-state index in [2.05, 4.69) is 17.3 Å². The van der Waals surface area contributed by atoms with Crippen molar-refractivity contribution in [1.82, 2.24) is 0 Å². The van der Waals surface area contributed by atoms with Crippen LogP contribution in [0.15, 0.2) is 17.3 Å². The number of fused-ring (bicyclic) bond motifs is 3. The van der Waals surface area contributed by atoms with Gasteiger partial charge in [0.05, 0.1) is 0 Å². The predicted octanol–water partition coefficient (Wildman–Crippen LogP) is 2.25. The number of hydrogen-bond acceptors (Lipinski definition) is 3. The second-order valence-corrected chi connectivity index (χ2v) is 4.28. The molecule has 3 aliphatic rings. The van der Waals surface area contributed by atoms with Crippen LogP contribution in [0.2, 0.25) is 0 Å². The van der Waals surface area contributed by atoms with Crippen LogP contribution in [-0.2, 0) is 0 Å². The molecule has 1 saturated heterocycles. The molecule has 2 atom stereocenters. The Morgan fingerprint density at radius 3 is 3.18 bits per heavy atom. The lowest BCUT2D eigenvalue weighted by Crippen LogP contribution is -2.13. The number of oxime groups is 1. The summed E-state index contributed by atoms with van der Waals surface area (Å²) in [5, 5.41) is 13.5. The van der Waals surface area contributed by atoms with E-state index in [1.807, 2.05) is 0 Å². The Morgan fingerprint density at radius 1 is 1.45 bits per heavy atom. The van der Waals surface area contributed by atoms with Crippen LogP contribution in [-0.4, -0.2) is 15.5 Å². The molecule has 1 N–H and O–H groups in total. The molecule has 0 spiro atoms. The van der Waals surface area contributed by atoms with Crippen LogP contribution in [0.4, 0.5) is 0 Å². The molecule has 3 rings (SSSR count). The molecule has 0 radical (unpaired) electrons. The van der Waals surface area contributed by atoms with Gasteiger partial charge in [-0.25, -0.2) is 0 Å². The maximum absolute atomic E-state index is 8.67. The first-order chi connectivity index (χ1) is 5.40. The molecule has 2 bridgehead atoms. The van der Waals surface area contributed by atoms with Gasteiger partial charge in [0.2, 0.25) is 0 Å². The Kier molecular flexibility index (Phi) is 1.90. The van der Waals surface area contributed by atoms with Gasteiger partial charge in [0.25, 0.3) is 0 Å². The zero-order valence-electron chi connectivity index (χ0n) is 6.23. The van der Waals surface area contributed by atoms with E-state index in [0.29, 0.717) is 11.2 Å². The van der Waals surface area contributed by atoms with Gasteiger partial charge in [0.1, 0.15) is 5.04 Å². The molecular weight excluding hydrogens is 158 g/mol. The van der Waals surface area contributed by atoms with Crippen molar-refractivity contribution in [1.29, 1.82) is 0 Å². The Bertz CT molecular complexity index is 212. The van der Waals surface area contributed by atoms with Gasteiger partial charge in [-0.3, -0.25) is 0 Å². The third kappa shape index (κ3) is 1.29. The summed E-state index contributed by atoms with van der Waals surface area (Å²) in [7, 11) is 0. The Balaban J connectivity index is 2.26. The SMILES string of the molecule is ON=C1SC2C=CC1CCC2. The number of nitrogens with zero attached hydrogens (tertiary/aromatic N) is 1. The lowest BCUT2D eigenvalue weighted by Gasteiger charge is -2.16. The number of rotatable bonds is 0. The van der Waals surface area contributed by atoms with Crippen molar-refractivity contribution in [3.8, 4) is 0 Å². The summed E-state index contributed by atoms with van der Waals surface area (Å²) in [5.41, 5.74) is 0. The number of thioether (sulfide) groups is 1. The maximum atomic E-state index is 8.67. The van der Waals surface area contributed by atoms with Gasteiger partial charge in [-0.2, -0.15) is 0 Å². The number of hydrogen-bond donors (Lipinski definition) is 1. The van der Waals surface area contributed by atoms with Gasteiger partial charge < -0.3 is 5.21 Å². The van der Waals surface area contributed by atoms with Crippen LogP contribution in [0.25, 0.3) is 0 Å². The molecule has 1 fully saturated rings. The van der Waals surface area contributed by atoms with Crippen LogP contribution in [0.5, 0.6) is 0 Å². The van der Waals surface area contributed by atoms with Crippen LogP contribution >= 0.6 is 11.8 Å². The predicted molar refractivity (Wildman–Crippen MR) is 47.1 cm³/mol. The van der Waals surface area contributed by atoms with E-state index in [9.17, 15) is 0 Å². The summed E-state index contributed by atoms with van der Waals surface area (Å²) in [5.74, 6) is 0.406. The first kappa shape index (κ1) is 7.22. The van der Waals surface area contributed by atoms with Crippen molar-refractivity contribution < 1.29 is 5.21 Å². The highest BCUT2D eigenvalue weighted by Crippen LogP contribution is 2.36. The topological polar surface area (TPSA) is 32.6 Å². The maximum Gasteiger partial charge on any atom is 0.120 e. The van der Waals surface area contributed by atoms with E-state index in [1.54, 1.807) is 11.8 Å². The molecule has 0 saturated carbocycles. The molecule has 2 heterocycles. The minimum atomic E-state index is 0.406. The van der Waals surface area contributed by atoms with Crippen LogP contribution in [0.1, 0.15) is 19.3 Å². The molecule has 11 heavy (non-hydrogen) atoms. The second kappa shape index (κ2) is 2.89. The standard InChI is InChI=1S/C8H11NOS/c10-9-8-6-2-1-3-7(11-8)5-4-6/h4-7,10H,1-3H2. The monoisotopic (exact) mass is 169 g/mol. The fraction of sp³-hybridized carbons (Fsp3) is 0.625. The van der Waals surface area contributed by atoms with Crippen molar-refractivity contribution in [2.24, 2.45) is 11.1 Å². The zero-order valence-corrected chi connectivity index (χ0v) is 7.05. The smallest absolute Gasteiger partial charge is 0.120 e. The van der Waals surface area contributed by atoms with Crippen LogP contribution in [0, 0.1) is 5.92 Å². The van der Waals surface area contributed by atoms with Gasteiger partial charge >= 0.3 is 0 Å². The molecule has 0 aromatic rings. The largest absolute Gasteiger partial charge is 0.410 e. The van der Waals surface area contributed by atoms with E-state index in [0.717, 1.165) is 11.5 Å². The summed E-state index contributed by atoms with van der Waals surface area (Å²) in [6.07, 6.45) is 8.07. The van der Waals surface area contributed by atoms with Gasteiger partial charge in [0, 0.05) is 11.2 Å². The van der Waals surface area contributed by atoms with Gasteiger partial charge in [0.15, 0.2) is 0 Å². The van der Waals surface area contributed by atoms with E-state index < -0.39 is 0 Å². The summed E-state index contributed by atoms with van der Waals surface area (Å²) in [4.78, 5) is 0. The zero-order chi connectivity index (χ0) is 7.68. The Morgan fingerprint density at radius 2 is 2.36 bits per heavy atom. The van der Waals surface area contributed by atoms with E-state index >= 15 is 0 Å². The van der Waals surface area contributed by atoms with Crippen molar-refractivity contribution in [2.45, 2.75) is 24.5 Å². The fourth-order valence-electron chi connectivity index (χ4n) is 1.63. The van der Waals surface area contributed by atoms with Crippen LogP contribution < -0.4 is 0 Å². The third-order valence-electron chi connectivity index (χ3n) is 2.25.